The first-order chi connectivity index (χ1) is 29.8. The third kappa shape index (κ3) is 7.14. The van der Waals surface area contributed by atoms with Gasteiger partial charge < -0.3 is 19.4 Å². The van der Waals surface area contributed by atoms with Crippen molar-refractivity contribution in [3.8, 4) is 22.8 Å². The van der Waals surface area contributed by atoms with E-state index in [-0.39, 0.29) is 0 Å². The van der Waals surface area contributed by atoms with Gasteiger partial charge in [-0.1, -0.05) is 101 Å². The maximum Gasteiger partial charge on any atom is 0.153 e. The molecule has 5 heteroatoms. The maximum atomic E-state index is 7.12. The van der Waals surface area contributed by atoms with E-state index in [2.05, 4.69) is 231 Å². The van der Waals surface area contributed by atoms with Crippen LogP contribution in [0.1, 0.15) is 27.8 Å². The largest absolute Gasteiger partial charge is 0.453 e. The van der Waals surface area contributed by atoms with Crippen molar-refractivity contribution in [2.24, 2.45) is 0 Å². The summed E-state index contributed by atoms with van der Waals surface area (Å²) >= 11 is 0. The summed E-state index contributed by atoms with van der Waals surface area (Å²) in [6, 6.07) is 65.2. The molecule has 2 heterocycles. The summed E-state index contributed by atoms with van der Waals surface area (Å²) in [4.78, 5) is 11.9. The van der Waals surface area contributed by atoms with Crippen LogP contribution >= 0.6 is 0 Å². The fourth-order valence-electron chi connectivity index (χ4n) is 8.35. The normalized spacial score (nSPS) is 11.8. The van der Waals surface area contributed by atoms with Gasteiger partial charge in [0.1, 0.15) is 0 Å². The maximum absolute atomic E-state index is 7.12. The van der Waals surface area contributed by atoms with Crippen molar-refractivity contribution in [3.63, 3.8) is 0 Å². The average Bonchev–Trinajstić information content (AvgIpc) is 3.28. The van der Waals surface area contributed by atoms with Gasteiger partial charge in [-0.25, -0.2) is 0 Å². The number of aromatic nitrogens is 1. The fraction of sp³-hybridized carbons (Fsp3) is 0.0893. The summed E-state index contributed by atoms with van der Waals surface area (Å²) in [5.74, 6) is 1.52. The molecule has 9 aromatic rings. The number of aryl methyl sites for hydroxylation is 5. The lowest BCUT2D eigenvalue weighted by Gasteiger charge is -2.35. The van der Waals surface area contributed by atoms with E-state index in [1.807, 2.05) is 6.20 Å². The SMILES string of the molecule is Cc1ccc(N(c2ccc(C)cc2)c2ccc3c(c2)Oc2cc(N(c4ccc(C)cc4)c4ccc(C)cc4)ccc2N3c2ccc(C)c(-c3nccc4ccccc34)c2)cc1. The third-order valence-corrected chi connectivity index (χ3v) is 11.7. The van der Waals surface area contributed by atoms with Gasteiger partial charge in [-0.3, -0.25) is 4.98 Å². The molecule has 0 saturated carbocycles. The Morgan fingerprint density at radius 2 is 0.869 bits per heavy atom. The molecule has 10 rings (SSSR count). The minimum absolute atomic E-state index is 0.758. The smallest absolute Gasteiger partial charge is 0.153 e. The lowest BCUT2D eigenvalue weighted by molar-refractivity contribution is 0.477. The highest BCUT2D eigenvalue weighted by Gasteiger charge is 2.29. The Balaban J connectivity index is 1.16. The van der Waals surface area contributed by atoms with Crippen molar-refractivity contribution in [2.45, 2.75) is 34.6 Å². The molecule has 61 heavy (non-hydrogen) atoms. The van der Waals surface area contributed by atoms with E-state index in [0.717, 1.165) is 90.3 Å². The minimum Gasteiger partial charge on any atom is -0.453 e. The van der Waals surface area contributed by atoms with E-state index in [1.54, 1.807) is 0 Å². The standard InChI is InChI=1S/C56H46N4O/c1-37-10-19-43(20-11-37)58(44-21-12-38(2)13-22-44)48-28-30-52-54(35-48)61-55-36-49(59(45-23-14-39(3)15-24-45)46-25-16-40(4)17-26-46)29-31-53(55)60(52)47-27-18-41(5)51(34-47)56-50-9-7-6-8-42(50)32-33-57-56/h6-36H,1-5H3. The molecule has 0 saturated heterocycles. The number of benzene rings is 8. The summed E-state index contributed by atoms with van der Waals surface area (Å²) in [7, 11) is 0. The molecule has 0 spiro atoms. The van der Waals surface area contributed by atoms with Gasteiger partial charge in [0, 0.05) is 69.1 Å². The van der Waals surface area contributed by atoms with Gasteiger partial charge in [0.2, 0.25) is 0 Å². The van der Waals surface area contributed by atoms with Crippen LogP contribution in [0.5, 0.6) is 11.5 Å². The summed E-state index contributed by atoms with van der Waals surface area (Å²) in [6.45, 7) is 10.7. The Morgan fingerprint density at radius 1 is 0.426 bits per heavy atom. The molecule has 0 radical (unpaired) electrons. The van der Waals surface area contributed by atoms with Crippen molar-refractivity contribution in [1.82, 2.24) is 4.98 Å². The lowest BCUT2D eigenvalue weighted by atomic mass is 9.98. The Labute approximate surface area is 358 Å². The lowest BCUT2D eigenvalue weighted by Crippen LogP contribution is -2.18. The molecule has 0 N–H and O–H groups in total. The molecule has 0 atom stereocenters. The molecule has 1 aliphatic heterocycles. The Hall–Kier alpha value is -7.63. The van der Waals surface area contributed by atoms with Crippen molar-refractivity contribution >= 4 is 62.0 Å². The quantitative estimate of drug-likeness (QED) is 0.153. The highest BCUT2D eigenvalue weighted by Crippen LogP contribution is 2.54. The zero-order valence-corrected chi connectivity index (χ0v) is 35.1. The zero-order chi connectivity index (χ0) is 41.6. The highest BCUT2D eigenvalue weighted by molar-refractivity contribution is 5.97. The minimum atomic E-state index is 0.758. The molecule has 0 bridgehead atoms. The monoisotopic (exact) mass is 790 g/mol. The number of anilines is 9. The predicted octanol–water partition coefficient (Wildman–Crippen LogP) is 16.0. The number of pyridine rings is 1. The van der Waals surface area contributed by atoms with E-state index < -0.39 is 0 Å². The van der Waals surface area contributed by atoms with Gasteiger partial charge >= 0.3 is 0 Å². The third-order valence-electron chi connectivity index (χ3n) is 11.7. The van der Waals surface area contributed by atoms with E-state index in [0.29, 0.717) is 0 Å². The van der Waals surface area contributed by atoms with Crippen LogP contribution in [0.4, 0.5) is 51.2 Å². The Kier molecular flexibility index (Phi) is 9.57. The Bertz CT molecular complexity index is 2810. The zero-order valence-electron chi connectivity index (χ0n) is 35.1. The van der Waals surface area contributed by atoms with Crippen molar-refractivity contribution in [1.29, 1.82) is 0 Å². The molecule has 296 valence electrons. The van der Waals surface area contributed by atoms with Gasteiger partial charge in [-0.2, -0.15) is 0 Å². The molecule has 8 aromatic carbocycles. The number of ether oxygens (including phenoxy) is 1. The second kappa shape index (κ2) is 15.5. The van der Waals surface area contributed by atoms with Crippen LogP contribution in [0, 0.1) is 34.6 Å². The van der Waals surface area contributed by atoms with E-state index in [9.17, 15) is 0 Å². The van der Waals surface area contributed by atoms with Crippen LogP contribution in [0.25, 0.3) is 22.0 Å². The first-order valence-corrected chi connectivity index (χ1v) is 20.9. The van der Waals surface area contributed by atoms with Crippen molar-refractivity contribution < 1.29 is 4.74 Å². The molecule has 1 aromatic heterocycles. The van der Waals surface area contributed by atoms with Crippen LogP contribution in [0.3, 0.4) is 0 Å². The second-order valence-electron chi connectivity index (χ2n) is 16.1. The molecule has 0 unspecified atom stereocenters. The first-order valence-electron chi connectivity index (χ1n) is 20.9. The van der Waals surface area contributed by atoms with Crippen molar-refractivity contribution in [3.05, 3.63) is 216 Å². The summed E-state index contributed by atoms with van der Waals surface area (Å²) in [5.41, 5.74) is 17.3. The van der Waals surface area contributed by atoms with Crippen LogP contribution in [0.15, 0.2) is 188 Å². The Morgan fingerprint density at radius 3 is 1.34 bits per heavy atom. The molecular weight excluding hydrogens is 745 g/mol. The predicted molar refractivity (Wildman–Crippen MR) is 255 cm³/mol. The molecule has 1 aliphatic rings. The molecule has 0 fully saturated rings. The van der Waals surface area contributed by atoms with E-state index >= 15 is 0 Å². The second-order valence-corrected chi connectivity index (χ2v) is 16.1. The van der Waals surface area contributed by atoms with E-state index in [1.165, 1.54) is 22.3 Å². The van der Waals surface area contributed by atoms with Crippen LogP contribution in [-0.2, 0) is 0 Å². The summed E-state index contributed by atoms with van der Waals surface area (Å²) < 4.78 is 7.12. The van der Waals surface area contributed by atoms with Gasteiger partial charge in [-0.05, 0) is 137 Å². The number of hydrogen-bond acceptors (Lipinski definition) is 5. The van der Waals surface area contributed by atoms with Crippen LogP contribution in [0.2, 0.25) is 0 Å². The summed E-state index contributed by atoms with van der Waals surface area (Å²) in [6.07, 6.45) is 1.91. The topological polar surface area (TPSA) is 31.8 Å². The van der Waals surface area contributed by atoms with Crippen molar-refractivity contribution in [2.75, 3.05) is 14.7 Å². The highest BCUT2D eigenvalue weighted by atomic mass is 16.5. The number of hydrogen-bond donors (Lipinski definition) is 0. The van der Waals surface area contributed by atoms with Crippen LogP contribution in [-0.4, -0.2) is 4.98 Å². The number of nitrogens with zero attached hydrogens (tertiary/aromatic N) is 4. The van der Waals surface area contributed by atoms with Gasteiger partial charge in [0.05, 0.1) is 17.1 Å². The molecular formula is C56H46N4O. The van der Waals surface area contributed by atoms with Gasteiger partial charge in [0.25, 0.3) is 0 Å². The molecule has 5 nitrogen and oxygen atoms in total. The molecule has 0 aliphatic carbocycles. The fourth-order valence-corrected chi connectivity index (χ4v) is 8.35. The number of fused-ring (bicyclic) bond motifs is 3. The van der Waals surface area contributed by atoms with E-state index in [4.69, 9.17) is 9.72 Å². The van der Waals surface area contributed by atoms with Gasteiger partial charge in [-0.15, -0.1) is 0 Å². The molecule has 0 amide bonds. The number of rotatable bonds is 8. The van der Waals surface area contributed by atoms with Crippen LogP contribution < -0.4 is 19.4 Å². The summed E-state index contributed by atoms with van der Waals surface area (Å²) in [5, 5.41) is 2.29. The van der Waals surface area contributed by atoms with Gasteiger partial charge in [0.15, 0.2) is 11.5 Å². The average molecular weight is 791 g/mol. The first kappa shape index (κ1) is 37.6.